The number of amides is 1. The van der Waals surface area contributed by atoms with Crippen LogP contribution in [-0.2, 0) is 16.2 Å². The van der Waals surface area contributed by atoms with E-state index in [1.165, 1.54) is 6.21 Å². The first-order valence-electron chi connectivity index (χ1n) is 8.49. The number of carbonyl (C=O) groups is 2. The van der Waals surface area contributed by atoms with Crippen molar-refractivity contribution < 1.29 is 32.6 Å². The van der Waals surface area contributed by atoms with Crippen LogP contribution in [0.15, 0.2) is 46.6 Å². The normalized spacial score (nSPS) is 17.5. The van der Waals surface area contributed by atoms with E-state index in [4.69, 9.17) is 9.84 Å². The van der Waals surface area contributed by atoms with Crippen LogP contribution in [0.3, 0.4) is 0 Å². The van der Waals surface area contributed by atoms with Crippen molar-refractivity contribution in [1.29, 1.82) is 0 Å². The Morgan fingerprint density at radius 1 is 1.23 bits per heavy atom. The monoisotopic (exact) mass is 437 g/mol. The Balaban J connectivity index is 1.61. The molecule has 0 radical (unpaired) electrons. The minimum absolute atomic E-state index is 0.0963. The number of halogens is 3. The topological polar surface area (TPSA) is 100 Å². The number of nitrogens with zero attached hydrogens (tertiary/aromatic N) is 2. The van der Waals surface area contributed by atoms with Crippen LogP contribution < -0.4 is 10.1 Å². The quantitative estimate of drug-likeness (QED) is 0.394. The fourth-order valence-corrected chi connectivity index (χ4v) is 3.35. The Hall–Kier alpha value is -3.34. The lowest BCUT2D eigenvalue weighted by Gasteiger charge is -2.08. The number of ether oxygens (including phenoxy) is 1. The molecule has 3 rings (SSSR count). The number of hydrogen-bond acceptors (Lipinski definition) is 6. The second-order valence-corrected chi connectivity index (χ2v) is 7.24. The molecule has 1 saturated heterocycles. The van der Waals surface area contributed by atoms with Crippen LogP contribution in [0, 0.1) is 17.5 Å². The second-order valence-electron chi connectivity index (χ2n) is 6.05. The van der Waals surface area contributed by atoms with E-state index in [0.29, 0.717) is 11.1 Å². The van der Waals surface area contributed by atoms with E-state index in [1.807, 2.05) is 0 Å². The summed E-state index contributed by atoms with van der Waals surface area (Å²) in [6, 6.07) is 8.51. The van der Waals surface area contributed by atoms with Crippen molar-refractivity contribution in [2.75, 3.05) is 0 Å². The highest BCUT2D eigenvalue weighted by molar-refractivity contribution is 8.15. The highest BCUT2D eigenvalue weighted by Gasteiger charge is 2.32. The van der Waals surface area contributed by atoms with Gasteiger partial charge in [-0.05, 0) is 29.3 Å². The smallest absolute Gasteiger partial charge is 0.305 e. The summed E-state index contributed by atoms with van der Waals surface area (Å²) in [7, 11) is 0. The van der Waals surface area contributed by atoms with E-state index < -0.39 is 40.3 Å². The zero-order valence-electron chi connectivity index (χ0n) is 15.1. The van der Waals surface area contributed by atoms with E-state index in [0.717, 1.165) is 23.9 Å². The van der Waals surface area contributed by atoms with Gasteiger partial charge >= 0.3 is 5.97 Å². The first-order chi connectivity index (χ1) is 14.3. The molecule has 0 saturated carbocycles. The molecule has 11 heteroatoms. The number of carboxylic acid groups (broad SMARTS) is 1. The van der Waals surface area contributed by atoms with Gasteiger partial charge < -0.3 is 15.2 Å². The van der Waals surface area contributed by atoms with E-state index >= 15 is 0 Å². The third kappa shape index (κ3) is 5.38. The number of hydrogen-bond donors (Lipinski definition) is 2. The van der Waals surface area contributed by atoms with Gasteiger partial charge in [0.25, 0.3) is 0 Å². The van der Waals surface area contributed by atoms with E-state index in [9.17, 15) is 22.8 Å². The predicted octanol–water partition coefficient (Wildman–Crippen LogP) is 3.08. The molecule has 1 atom stereocenters. The molecule has 30 heavy (non-hydrogen) atoms. The van der Waals surface area contributed by atoms with Crippen LogP contribution in [0.2, 0.25) is 0 Å². The summed E-state index contributed by atoms with van der Waals surface area (Å²) in [5.74, 6) is -6.25. The van der Waals surface area contributed by atoms with Crippen molar-refractivity contribution in [2.45, 2.75) is 18.3 Å². The van der Waals surface area contributed by atoms with E-state index in [1.54, 1.807) is 24.3 Å². The zero-order chi connectivity index (χ0) is 21.7. The van der Waals surface area contributed by atoms with Crippen molar-refractivity contribution in [2.24, 2.45) is 10.2 Å². The average molecular weight is 437 g/mol. The fraction of sp³-hybridized carbons (Fsp3) is 0.158. The van der Waals surface area contributed by atoms with Gasteiger partial charge in [0, 0.05) is 0 Å². The molecular formula is C19H14F3N3O4S. The lowest BCUT2D eigenvalue weighted by atomic mass is 10.1. The molecule has 2 aromatic carbocycles. The number of aliphatic carboxylic acids is 1. The molecule has 2 N–H and O–H groups in total. The lowest BCUT2D eigenvalue weighted by Crippen LogP contribution is -2.26. The van der Waals surface area contributed by atoms with E-state index in [-0.39, 0.29) is 18.2 Å². The largest absolute Gasteiger partial charge is 0.486 e. The molecule has 1 fully saturated rings. The maximum Gasteiger partial charge on any atom is 0.305 e. The standard InChI is InChI=1S/C19H14F3N3O4S/c20-12-4-5-13(17(22)16(12)21)29-9-11-3-1-2-10(6-11)8-23-25-19-24-18(28)14(30-19)7-15(26)27/h1-6,8,14H,7,9H2,(H,26,27)(H,24,25,28). The molecule has 0 aromatic heterocycles. The van der Waals surface area contributed by atoms with E-state index in [2.05, 4.69) is 15.5 Å². The van der Waals surface area contributed by atoms with Gasteiger partial charge in [-0.1, -0.05) is 30.0 Å². The van der Waals surface area contributed by atoms with Crippen molar-refractivity contribution in [3.63, 3.8) is 0 Å². The summed E-state index contributed by atoms with van der Waals surface area (Å²) in [6.07, 6.45) is 1.08. The second kappa shape index (κ2) is 9.44. The van der Waals surface area contributed by atoms with Gasteiger partial charge in [-0.3, -0.25) is 9.59 Å². The van der Waals surface area contributed by atoms with Gasteiger partial charge in [-0.15, -0.1) is 5.10 Å². The van der Waals surface area contributed by atoms with Crippen LogP contribution in [0.25, 0.3) is 0 Å². The molecule has 156 valence electrons. The first kappa shape index (κ1) is 21.4. The molecule has 1 aliphatic rings. The molecule has 1 amide bonds. The maximum absolute atomic E-state index is 13.6. The van der Waals surface area contributed by atoms with Crippen LogP contribution >= 0.6 is 11.8 Å². The Morgan fingerprint density at radius 3 is 2.80 bits per heavy atom. The SMILES string of the molecule is O=C(O)CC1SC(=NN=Cc2cccc(COc3ccc(F)c(F)c3F)c2)NC1=O. The van der Waals surface area contributed by atoms with Crippen LogP contribution in [0.4, 0.5) is 13.2 Å². The molecule has 1 unspecified atom stereocenters. The Morgan fingerprint density at radius 2 is 2.03 bits per heavy atom. The fourth-order valence-electron chi connectivity index (χ4n) is 2.44. The predicted molar refractivity (Wildman–Crippen MR) is 104 cm³/mol. The number of benzene rings is 2. The molecule has 1 aliphatic heterocycles. The Labute approximate surface area is 172 Å². The summed E-state index contributed by atoms with van der Waals surface area (Å²) in [4.78, 5) is 22.3. The minimum atomic E-state index is -1.60. The maximum atomic E-state index is 13.6. The summed E-state index contributed by atoms with van der Waals surface area (Å²) in [5, 5.41) is 18.3. The van der Waals surface area contributed by atoms with Crippen molar-refractivity contribution in [3.05, 3.63) is 65.0 Å². The van der Waals surface area contributed by atoms with Gasteiger partial charge in [0.2, 0.25) is 11.7 Å². The molecule has 7 nitrogen and oxygen atoms in total. The average Bonchev–Trinajstić information content (AvgIpc) is 3.04. The molecule has 0 aliphatic carbocycles. The number of carboxylic acids is 1. The van der Waals surface area contributed by atoms with Gasteiger partial charge in [-0.25, -0.2) is 8.78 Å². The molecule has 0 spiro atoms. The summed E-state index contributed by atoms with van der Waals surface area (Å²) < 4.78 is 45.0. The highest BCUT2D eigenvalue weighted by Crippen LogP contribution is 2.23. The molecule has 0 bridgehead atoms. The molecular weight excluding hydrogens is 423 g/mol. The van der Waals surface area contributed by atoms with Gasteiger partial charge in [-0.2, -0.15) is 9.49 Å². The van der Waals surface area contributed by atoms with Gasteiger partial charge in [0.05, 0.1) is 12.6 Å². The lowest BCUT2D eigenvalue weighted by molar-refractivity contribution is -0.138. The Kier molecular flexibility index (Phi) is 6.72. The van der Waals surface area contributed by atoms with Crippen LogP contribution in [0.5, 0.6) is 5.75 Å². The molecule has 1 heterocycles. The molecule has 2 aromatic rings. The van der Waals surface area contributed by atoms with Crippen molar-refractivity contribution >= 4 is 35.0 Å². The first-order valence-corrected chi connectivity index (χ1v) is 9.37. The third-order valence-corrected chi connectivity index (χ3v) is 4.91. The van der Waals surface area contributed by atoms with Crippen LogP contribution in [-0.4, -0.2) is 33.6 Å². The summed E-state index contributed by atoms with van der Waals surface area (Å²) in [5.41, 5.74) is 1.23. The highest BCUT2D eigenvalue weighted by atomic mass is 32.2. The number of amidine groups is 1. The van der Waals surface area contributed by atoms with Crippen LogP contribution in [0.1, 0.15) is 17.5 Å². The van der Waals surface area contributed by atoms with Crippen molar-refractivity contribution in [1.82, 2.24) is 5.32 Å². The third-order valence-electron chi connectivity index (χ3n) is 3.84. The summed E-state index contributed by atoms with van der Waals surface area (Å²) in [6.45, 7) is -0.0963. The van der Waals surface area contributed by atoms with Gasteiger partial charge in [0.1, 0.15) is 11.9 Å². The van der Waals surface area contributed by atoms with Gasteiger partial charge in [0.15, 0.2) is 22.6 Å². The van der Waals surface area contributed by atoms with Crippen molar-refractivity contribution in [3.8, 4) is 5.75 Å². The Bertz CT molecular complexity index is 1050. The zero-order valence-corrected chi connectivity index (χ0v) is 16.0. The summed E-state index contributed by atoms with van der Waals surface area (Å²) >= 11 is 0.977. The number of thioether (sulfide) groups is 1. The number of nitrogens with one attached hydrogen (secondary N) is 1. The minimum Gasteiger partial charge on any atom is -0.486 e. The number of rotatable bonds is 7. The number of carbonyl (C=O) groups excluding carboxylic acids is 1.